The van der Waals surface area contributed by atoms with Crippen molar-refractivity contribution in [2.45, 2.75) is 6.29 Å². The molecule has 0 bridgehead atoms. The quantitative estimate of drug-likeness (QED) is 0.798. The topological polar surface area (TPSA) is 69.7 Å². The number of halogens is 1. The largest absolute Gasteiger partial charge is 0.480 e. The third-order valence-corrected chi connectivity index (χ3v) is 2.79. The fourth-order valence-electron chi connectivity index (χ4n) is 1.24. The lowest BCUT2D eigenvalue weighted by Gasteiger charge is -2.14. The van der Waals surface area contributed by atoms with E-state index in [0.29, 0.717) is 15.9 Å². The minimum atomic E-state index is -0.469. The Balaban J connectivity index is 2.64. The van der Waals surface area contributed by atoms with E-state index in [1.54, 1.807) is 6.07 Å². The summed E-state index contributed by atoms with van der Waals surface area (Å²) >= 11 is 3.27. The molecule has 0 aliphatic carbocycles. The summed E-state index contributed by atoms with van der Waals surface area (Å²) in [5, 5.41) is 2.67. The van der Waals surface area contributed by atoms with Crippen LogP contribution in [0.5, 0.6) is 5.88 Å². The Labute approximate surface area is 114 Å². The molecule has 0 aliphatic rings. The number of nitrogens with one attached hydrogen (secondary N) is 1. The van der Waals surface area contributed by atoms with Gasteiger partial charge in [-0.2, -0.15) is 0 Å². The van der Waals surface area contributed by atoms with Crippen LogP contribution in [0.15, 0.2) is 16.7 Å². The van der Waals surface area contributed by atoms with E-state index in [4.69, 9.17) is 14.2 Å². The summed E-state index contributed by atoms with van der Waals surface area (Å²) in [7, 11) is 4.52. The van der Waals surface area contributed by atoms with Crippen molar-refractivity contribution in [3.05, 3.63) is 22.3 Å². The number of methoxy groups -OCH3 is 3. The van der Waals surface area contributed by atoms with Crippen LogP contribution in [-0.4, -0.2) is 45.1 Å². The predicted molar refractivity (Wildman–Crippen MR) is 68.6 cm³/mol. The van der Waals surface area contributed by atoms with Gasteiger partial charge in [0, 0.05) is 20.4 Å². The lowest BCUT2D eigenvalue weighted by Crippen LogP contribution is -2.34. The van der Waals surface area contributed by atoms with Gasteiger partial charge in [-0.25, -0.2) is 4.98 Å². The first-order chi connectivity index (χ1) is 8.62. The van der Waals surface area contributed by atoms with Crippen LogP contribution < -0.4 is 10.1 Å². The van der Waals surface area contributed by atoms with Crippen LogP contribution >= 0.6 is 15.9 Å². The molecular weight excluding hydrogens is 304 g/mol. The molecule has 0 atom stereocenters. The van der Waals surface area contributed by atoms with E-state index < -0.39 is 6.29 Å². The van der Waals surface area contributed by atoms with Gasteiger partial charge in [-0.05, 0) is 22.0 Å². The Bertz CT molecular complexity index is 410. The van der Waals surface area contributed by atoms with E-state index in [9.17, 15) is 4.79 Å². The first-order valence-electron chi connectivity index (χ1n) is 5.15. The number of hydrogen-bond donors (Lipinski definition) is 1. The summed E-state index contributed by atoms with van der Waals surface area (Å²) in [6, 6.07) is 1.63. The lowest BCUT2D eigenvalue weighted by atomic mass is 10.2. The zero-order chi connectivity index (χ0) is 13.5. The predicted octanol–water partition coefficient (Wildman–Crippen LogP) is 1.20. The molecule has 7 heteroatoms. The summed E-state index contributed by atoms with van der Waals surface area (Å²) in [6.45, 7) is 0.259. The Kier molecular flexibility index (Phi) is 6.03. The number of ether oxygens (including phenoxy) is 3. The van der Waals surface area contributed by atoms with Crippen molar-refractivity contribution in [3.8, 4) is 5.88 Å². The summed E-state index contributed by atoms with van der Waals surface area (Å²) < 4.78 is 15.5. The molecule has 1 heterocycles. The van der Waals surface area contributed by atoms with Gasteiger partial charge in [0.15, 0.2) is 6.29 Å². The summed E-state index contributed by atoms with van der Waals surface area (Å²) in [5.74, 6) is 0.170. The number of rotatable bonds is 6. The molecule has 6 nitrogen and oxygen atoms in total. The number of pyridine rings is 1. The normalized spacial score (nSPS) is 10.5. The maximum Gasteiger partial charge on any atom is 0.253 e. The average molecular weight is 319 g/mol. The minimum Gasteiger partial charge on any atom is -0.480 e. The van der Waals surface area contributed by atoms with Crippen molar-refractivity contribution >= 4 is 21.8 Å². The second kappa shape index (κ2) is 7.30. The van der Waals surface area contributed by atoms with Gasteiger partial charge >= 0.3 is 0 Å². The molecule has 1 N–H and O–H groups in total. The summed E-state index contributed by atoms with van der Waals surface area (Å²) in [5.41, 5.74) is 0.425. The first kappa shape index (κ1) is 14.9. The maximum atomic E-state index is 11.8. The van der Waals surface area contributed by atoms with Crippen LogP contribution in [0.3, 0.4) is 0 Å². The number of carbonyl (C=O) groups excluding carboxylic acids is 1. The van der Waals surface area contributed by atoms with Gasteiger partial charge in [0.1, 0.15) is 0 Å². The molecule has 1 aromatic heterocycles. The van der Waals surface area contributed by atoms with Crippen molar-refractivity contribution in [1.82, 2.24) is 10.3 Å². The molecule has 0 aliphatic heterocycles. The van der Waals surface area contributed by atoms with E-state index in [-0.39, 0.29) is 12.5 Å². The fraction of sp³-hybridized carbons (Fsp3) is 0.455. The van der Waals surface area contributed by atoms with Gasteiger partial charge in [-0.15, -0.1) is 0 Å². The zero-order valence-electron chi connectivity index (χ0n) is 10.4. The molecule has 0 aromatic carbocycles. The number of nitrogens with zero attached hydrogens (tertiary/aromatic N) is 1. The smallest absolute Gasteiger partial charge is 0.253 e. The van der Waals surface area contributed by atoms with Gasteiger partial charge in [0.25, 0.3) is 5.91 Å². The van der Waals surface area contributed by atoms with Crippen LogP contribution in [0, 0.1) is 0 Å². The minimum absolute atomic E-state index is 0.259. The Hall–Kier alpha value is -1.18. The van der Waals surface area contributed by atoms with Crippen molar-refractivity contribution in [2.75, 3.05) is 27.9 Å². The molecule has 0 fully saturated rings. The highest BCUT2D eigenvalue weighted by atomic mass is 79.9. The monoisotopic (exact) mass is 318 g/mol. The highest BCUT2D eigenvalue weighted by molar-refractivity contribution is 9.10. The molecule has 1 aromatic rings. The molecular formula is C11H15BrN2O4. The molecule has 0 spiro atoms. The zero-order valence-corrected chi connectivity index (χ0v) is 12.0. The van der Waals surface area contributed by atoms with Crippen LogP contribution in [0.2, 0.25) is 0 Å². The van der Waals surface area contributed by atoms with E-state index in [0.717, 1.165) is 0 Å². The average Bonchev–Trinajstić information content (AvgIpc) is 2.39. The Morgan fingerprint density at radius 2 is 2.11 bits per heavy atom. The van der Waals surface area contributed by atoms with E-state index in [1.807, 2.05) is 0 Å². The van der Waals surface area contributed by atoms with Crippen LogP contribution in [0.4, 0.5) is 0 Å². The lowest BCUT2D eigenvalue weighted by molar-refractivity contribution is -0.0974. The van der Waals surface area contributed by atoms with E-state index in [1.165, 1.54) is 27.5 Å². The van der Waals surface area contributed by atoms with E-state index in [2.05, 4.69) is 26.2 Å². The van der Waals surface area contributed by atoms with Gasteiger partial charge in [0.2, 0.25) is 5.88 Å². The third-order valence-electron chi connectivity index (χ3n) is 2.22. The summed E-state index contributed by atoms with van der Waals surface area (Å²) in [4.78, 5) is 15.8. The molecule has 18 heavy (non-hydrogen) atoms. The molecule has 0 unspecified atom stereocenters. The van der Waals surface area contributed by atoms with Crippen molar-refractivity contribution < 1.29 is 19.0 Å². The molecule has 0 saturated carbocycles. The standard InChI is InChI=1S/C11H15BrN2O4/c1-16-9(17-2)6-13-10(15)7-4-8(12)11(18-3)14-5-7/h4-5,9H,6H2,1-3H3,(H,13,15). The maximum absolute atomic E-state index is 11.8. The Morgan fingerprint density at radius 3 is 2.61 bits per heavy atom. The highest BCUT2D eigenvalue weighted by Crippen LogP contribution is 2.22. The van der Waals surface area contributed by atoms with Crippen LogP contribution in [0.25, 0.3) is 0 Å². The van der Waals surface area contributed by atoms with Crippen molar-refractivity contribution in [3.63, 3.8) is 0 Å². The second-order valence-electron chi connectivity index (χ2n) is 3.33. The van der Waals surface area contributed by atoms with Gasteiger partial charge in [0.05, 0.1) is 23.7 Å². The number of amides is 1. The van der Waals surface area contributed by atoms with E-state index >= 15 is 0 Å². The highest BCUT2D eigenvalue weighted by Gasteiger charge is 2.12. The molecule has 0 radical (unpaired) electrons. The van der Waals surface area contributed by atoms with Gasteiger partial charge < -0.3 is 19.5 Å². The third kappa shape index (κ3) is 3.94. The molecule has 1 amide bonds. The SMILES string of the molecule is COc1ncc(C(=O)NCC(OC)OC)cc1Br. The number of aromatic nitrogens is 1. The second-order valence-corrected chi connectivity index (χ2v) is 4.18. The molecule has 100 valence electrons. The fourth-order valence-corrected chi connectivity index (χ4v) is 1.75. The van der Waals surface area contributed by atoms with Gasteiger partial charge in [-0.3, -0.25) is 4.79 Å². The number of carbonyl (C=O) groups is 1. The van der Waals surface area contributed by atoms with Crippen molar-refractivity contribution in [2.24, 2.45) is 0 Å². The summed E-state index contributed by atoms with van der Waals surface area (Å²) in [6.07, 6.45) is 0.969. The van der Waals surface area contributed by atoms with Crippen LogP contribution in [-0.2, 0) is 9.47 Å². The molecule has 1 rings (SSSR count). The Morgan fingerprint density at radius 1 is 1.44 bits per heavy atom. The first-order valence-corrected chi connectivity index (χ1v) is 5.95. The van der Waals surface area contributed by atoms with Crippen LogP contribution in [0.1, 0.15) is 10.4 Å². The number of hydrogen-bond acceptors (Lipinski definition) is 5. The van der Waals surface area contributed by atoms with Crippen molar-refractivity contribution in [1.29, 1.82) is 0 Å². The molecule has 0 saturated heterocycles. The van der Waals surface area contributed by atoms with Gasteiger partial charge in [-0.1, -0.05) is 0 Å².